The predicted octanol–water partition coefficient (Wildman–Crippen LogP) is 3.23. The van der Waals surface area contributed by atoms with E-state index in [0.717, 1.165) is 35.1 Å². The van der Waals surface area contributed by atoms with Gasteiger partial charge in [-0.05, 0) is 91.5 Å². The molecule has 240 valence electrons. The molecular weight excluding hydrogens is 582 g/mol. The highest BCUT2D eigenvalue weighted by atomic mass is 16.4. The average molecular weight is 624 g/mol. The fourth-order valence-corrected chi connectivity index (χ4v) is 7.41. The third-order valence-electron chi connectivity index (χ3n) is 9.83. The number of fused-ring (bicyclic) bond motifs is 3. The van der Waals surface area contributed by atoms with Gasteiger partial charge in [-0.25, -0.2) is 0 Å². The zero-order valence-corrected chi connectivity index (χ0v) is 27.0. The van der Waals surface area contributed by atoms with Crippen LogP contribution in [0.3, 0.4) is 0 Å². The van der Waals surface area contributed by atoms with Crippen molar-refractivity contribution < 1.29 is 18.8 Å². The summed E-state index contributed by atoms with van der Waals surface area (Å²) in [7, 11) is 3.22. The maximum Gasteiger partial charge on any atom is 0.251 e. The molecule has 4 atom stereocenters. The minimum absolute atomic E-state index is 0.00207. The summed E-state index contributed by atoms with van der Waals surface area (Å²) < 4.78 is 6.49. The Morgan fingerprint density at radius 3 is 2.11 bits per heavy atom. The maximum absolute atomic E-state index is 13.4. The number of likely N-dealkylation sites (tertiary alicyclic amines) is 1. The molecule has 0 bridgehead atoms. The minimum Gasteiger partial charge on any atom is -0.424 e. The van der Waals surface area contributed by atoms with Gasteiger partial charge in [-0.2, -0.15) is 5.26 Å². The van der Waals surface area contributed by atoms with Gasteiger partial charge in [0.2, 0.25) is 17.7 Å². The van der Waals surface area contributed by atoms with E-state index >= 15 is 0 Å². The first-order chi connectivity index (χ1) is 22.1. The van der Waals surface area contributed by atoms with Crippen LogP contribution >= 0.6 is 0 Å². The van der Waals surface area contributed by atoms with Crippen molar-refractivity contribution in [3.8, 4) is 6.07 Å². The Labute approximate surface area is 269 Å². The number of hydrogen-bond acceptors (Lipinski definition) is 8. The number of benzene rings is 2. The predicted molar refractivity (Wildman–Crippen MR) is 170 cm³/mol. The van der Waals surface area contributed by atoms with Crippen LogP contribution in [0.25, 0.3) is 0 Å². The topological polar surface area (TPSA) is 153 Å². The van der Waals surface area contributed by atoms with Crippen LogP contribution in [-0.4, -0.2) is 71.6 Å². The Kier molecular flexibility index (Phi) is 8.42. The fraction of sp³-hybridized carbons (Fsp3) is 0.486. The maximum atomic E-state index is 13.4. The largest absolute Gasteiger partial charge is 0.424 e. The summed E-state index contributed by atoms with van der Waals surface area (Å²) in [5, 5.41) is 27.6. The van der Waals surface area contributed by atoms with Crippen LogP contribution in [-0.2, 0) is 23.1 Å². The molecule has 2 aliphatic carbocycles. The Balaban J connectivity index is 1.45. The molecule has 2 heterocycles. The van der Waals surface area contributed by atoms with Gasteiger partial charge in [-0.15, -0.1) is 10.2 Å². The molecule has 0 radical (unpaired) electrons. The van der Waals surface area contributed by atoms with E-state index in [2.05, 4.69) is 32.2 Å². The van der Waals surface area contributed by atoms with Crippen LogP contribution < -0.4 is 16.0 Å². The Bertz CT molecular complexity index is 1660. The van der Waals surface area contributed by atoms with Crippen LogP contribution in [0, 0.1) is 17.2 Å². The number of aromatic nitrogens is 2. The highest BCUT2D eigenvalue weighted by Crippen LogP contribution is 2.49. The third kappa shape index (κ3) is 5.45. The Morgan fingerprint density at radius 1 is 0.978 bits per heavy atom. The van der Waals surface area contributed by atoms with Gasteiger partial charge < -0.3 is 25.3 Å². The standard InChI is InChI=1S/C35H41N7O4/c1-19(2)33-40-41-34(46-33)35(16-20(3)39-18-30(43)42-26(17-36)14-25-15-29(25)42)27-10-8-23(31(44)37-4)12-21(27)6-7-22-13-24(32(45)38-5)9-11-28(22)35/h8-13,19-20,25-26,29,39H,6-7,14-16,18H2,1-5H3,(H,37,44)(H,38,45)/t20-,25-,26?,29+/m1/s1. The van der Waals surface area contributed by atoms with Crippen LogP contribution in [0.4, 0.5) is 0 Å². The van der Waals surface area contributed by atoms with Gasteiger partial charge in [0, 0.05) is 43.2 Å². The van der Waals surface area contributed by atoms with E-state index in [1.807, 2.05) is 57.2 Å². The van der Waals surface area contributed by atoms with E-state index < -0.39 is 5.41 Å². The molecule has 3 aromatic rings. The summed E-state index contributed by atoms with van der Waals surface area (Å²) in [6.45, 7) is 6.13. The lowest BCUT2D eigenvalue weighted by Gasteiger charge is -2.36. The molecular formula is C35H41N7O4. The molecule has 3 amide bonds. The first kappa shape index (κ1) is 31.4. The van der Waals surface area contributed by atoms with Crippen LogP contribution in [0.15, 0.2) is 40.8 Å². The molecule has 0 spiro atoms. The molecule has 11 nitrogen and oxygen atoms in total. The minimum atomic E-state index is -0.955. The first-order valence-electron chi connectivity index (χ1n) is 16.1. The Morgan fingerprint density at radius 2 is 1.59 bits per heavy atom. The molecule has 3 aliphatic rings. The SMILES string of the molecule is CNC(=O)c1ccc2c(c1)CCc1cc(C(=O)NC)ccc1C2(C[C@@H](C)NCC(=O)N1C(C#N)C[C@@H]2C[C@@H]21)c1nnc(C(C)C)o1. The van der Waals surface area contributed by atoms with Crippen LogP contribution in [0.1, 0.15) is 101 Å². The molecule has 1 saturated heterocycles. The zero-order chi connectivity index (χ0) is 32.7. The van der Waals surface area contributed by atoms with Crippen LogP contribution in [0.5, 0.6) is 0 Å². The van der Waals surface area contributed by atoms with Gasteiger partial charge in [-0.3, -0.25) is 14.4 Å². The number of nitriles is 1. The summed E-state index contributed by atoms with van der Waals surface area (Å²) in [6.07, 6.45) is 3.44. The summed E-state index contributed by atoms with van der Waals surface area (Å²) >= 11 is 0. The Hall–Kier alpha value is -4.56. The van der Waals surface area contributed by atoms with E-state index in [1.165, 1.54) is 0 Å². The summed E-state index contributed by atoms with van der Waals surface area (Å²) in [6, 6.07) is 13.4. The van der Waals surface area contributed by atoms with Crippen molar-refractivity contribution in [2.75, 3.05) is 20.6 Å². The van der Waals surface area contributed by atoms with Crippen molar-refractivity contribution in [1.82, 2.24) is 31.0 Å². The van der Waals surface area contributed by atoms with Gasteiger partial charge in [-0.1, -0.05) is 26.0 Å². The lowest BCUT2D eigenvalue weighted by molar-refractivity contribution is -0.131. The number of piperidine rings is 1. The summed E-state index contributed by atoms with van der Waals surface area (Å²) in [4.78, 5) is 40.6. The smallest absolute Gasteiger partial charge is 0.251 e. The third-order valence-corrected chi connectivity index (χ3v) is 9.83. The molecule has 1 unspecified atom stereocenters. The molecule has 2 aromatic carbocycles. The number of nitrogens with one attached hydrogen (secondary N) is 3. The highest BCUT2D eigenvalue weighted by Gasteiger charge is 2.54. The lowest BCUT2D eigenvalue weighted by Crippen LogP contribution is -2.46. The summed E-state index contributed by atoms with van der Waals surface area (Å²) in [5.41, 5.74) is 3.97. The van der Waals surface area contributed by atoms with Gasteiger partial charge in [0.05, 0.1) is 12.6 Å². The van der Waals surface area contributed by atoms with Crippen molar-refractivity contribution in [3.63, 3.8) is 0 Å². The van der Waals surface area contributed by atoms with Gasteiger partial charge in [0.25, 0.3) is 11.8 Å². The number of nitrogens with zero attached hydrogens (tertiary/aromatic N) is 4. The normalized spacial score (nSPS) is 21.3. The zero-order valence-electron chi connectivity index (χ0n) is 27.0. The molecule has 1 aromatic heterocycles. The second-order valence-corrected chi connectivity index (χ2v) is 13.1. The van der Waals surface area contributed by atoms with Crippen molar-refractivity contribution in [2.45, 2.75) is 82.3 Å². The number of amides is 3. The molecule has 6 rings (SSSR count). The second kappa shape index (κ2) is 12.3. The van der Waals surface area contributed by atoms with E-state index in [-0.39, 0.29) is 48.3 Å². The van der Waals surface area contributed by atoms with E-state index in [4.69, 9.17) is 4.42 Å². The second-order valence-electron chi connectivity index (χ2n) is 13.1. The quantitative estimate of drug-likeness (QED) is 0.329. The van der Waals surface area contributed by atoms with Crippen molar-refractivity contribution in [2.24, 2.45) is 5.92 Å². The molecule has 3 N–H and O–H groups in total. The number of hydrogen-bond donors (Lipinski definition) is 3. The highest BCUT2D eigenvalue weighted by molar-refractivity contribution is 5.95. The first-order valence-corrected chi connectivity index (χ1v) is 16.1. The van der Waals surface area contributed by atoms with Gasteiger partial charge >= 0.3 is 0 Å². The average Bonchev–Trinajstić information content (AvgIpc) is 3.49. The van der Waals surface area contributed by atoms with Crippen molar-refractivity contribution in [1.29, 1.82) is 5.26 Å². The van der Waals surface area contributed by atoms with Crippen molar-refractivity contribution in [3.05, 3.63) is 81.6 Å². The molecule has 1 saturated carbocycles. The molecule has 2 fully saturated rings. The molecule has 11 heteroatoms. The van der Waals surface area contributed by atoms with E-state index in [1.54, 1.807) is 19.0 Å². The lowest BCUT2D eigenvalue weighted by atomic mass is 9.68. The molecule has 46 heavy (non-hydrogen) atoms. The monoisotopic (exact) mass is 623 g/mol. The molecule has 1 aliphatic heterocycles. The van der Waals surface area contributed by atoms with E-state index in [9.17, 15) is 19.6 Å². The van der Waals surface area contributed by atoms with Gasteiger partial charge in [0.15, 0.2) is 0 Å². The fourth-order valence-electron chi connectivity index (χ4n) is 7.41. The number of aryl methyl sites for hydroxylation is 2. The summed E-state index contributed by atoms with van der Waals surface area (Å²) in [5.74, 6) is 0.955. The number of carbonyl (C=O) groups is 3. The van der Waals surface area contributed by atoms with E-state index in [0.29, 0.717) is 48.1 Å². The number of rotatable bonds is 9. The van der Waals surface area contributed by atoms with Crippen LogP contribution in [0.2, 0.25) is 0 Å². The van der Waals surface area contributed by atoms with Crippen molar-refractivity contribution >= 4 is 17.7 Å². The van der Waals surface area contributed by atoms with Gasteiger partial charge in [0.1, 0.15) is 11.5 Å². The number of carbonyl (C=O) groups excluding carboxylic acids is 3.